The van der Waals surface area contributed by atoms with E-state index in [4.69, 9.17) is 0 Å². The molecule has 0 saturated heterocycles. The number of amides is 2. The van der Waals surface area contributed by atoms with Gasteiger partial charge in [-0.1, -0.05) is 33.3 Å². The molecule has 0 unspecified atom stereocenters. The van der Waals surface area contributed by atoms with E-state index in [1.807, 2.05) is 18.2 Å². The number of carbonyl (C=O) groups is 2. The molecule has 0 saturated carbocycles. The lowest BCUT2D eigenvalue weighted by Gasteiger charge is -2.11. The van der Waals surface area contributed by atoms with Crippen LogP contribution in [-0.4, -0.2) is 33.4 Å². The smallest absolute Gasteiger partial charge is 0.251 e. The van der Waals surface area contributed by atoms with Gasteiger partial charge in [-0.05, 0) is 36.4 Å². The molecule has 1 heterocycles. The van der Waals surface area contributed by atoms with E-state index in [9.17, 15) is 9.59 Å². The first-order chi connectivity index (χ1) is 12.6. The van der Waals surface area contributed by atoms with Gasteiger partial charge in [-0.3, -0.25) is 9.59 Å². The molecule has 2 aromatic carbocycles. The lowest BCUT2D eigenvalue weighted by molar-refractivity contribution is -0.116. The first-order valence-corrected chi connectivity index (χ1v) is 8.72. The number of hydrogen-bond acceptors (Lipinski definition) is 4. The Kier molecular flexibility index (Phi) is 5.75. The topological polar surface area (TPSA) is 88.9 Å². The molecule has 7 nitrogen and oxygen atoms in total. The second-order valence-corrected chi connectivity index (χ2v) is 6.34. The number of aromatic nitrogens is 3. The normalized spacial score (nSPS) is 10.3. The summed E-state index contributed by atoms with van der Waals surface area (Å²) in [6, 6.07) is 14.3. The predicted molar refractivity (Wildman–Crippen MR) is 101 cm³/mol. The average molecular weight is 414 g/mol. The number of halogens is 1. The Balaban J connectivity index is 1.54. The molecule has 0 radical (unpaired) electrons. The molecule has 0 fully saturated rings. The zero-order chi connectivity index (χ0) is 18.4. The zero-order valence-corrected chi connectivity index (χ0v) is 15.3. The largest absolute Gasteiger partial charge is 0.352 e. The van der Waals surface area contributed by atoms with E-state index in [2.05, 4.69) is 36.9 Å². The Hall–Kier alpha value is -3.00. The van der Waals surface area contributed by atoms with Gasteiger partial charge in [0.2, 0.25) is 5.91 Å². The molecule has 8 heteroatoms. The minimum Gasteiger partial charge on any atom is -0.352 e. The van der Waals surface area contributed by atoms with Crippen LogP contribution in [0.1, 0.15) is 16.8 Å². The van der Waals surface area contributed by atoms with E-state index in [0.717, 1.165) is 10.2 Å². The summed E-state index contributed by atoms with van der Waals surface area (Å²) in [6.45, 7) is 0.242. The van der Waals surface area contributed by atoms with Gasteiger partial charge >= 0.3 is 0 Å². The summed E-state index contributed by atoms with van der Waals surface area (Å²) in [5.74, 6) is -0.415. The monoisotopic (exact) mass is 413 g/mol. The van der Waals surface area contributed by atoms with E-state index in [0.29, 0.717) is 11.3 Å². The van der Waals surface area contributed by atoms with Gasteiger partial charge in [0, 0.05) is 23.0 Å². The van der Waals surface area contributed by atoms with Crippen molar-refractivity contribution in [3.05, 3.63) is 71.0 Å². The molecular formula is C18H16BrN5O2. The van der Waals surface area contributed by atoms with Crippen LogP contribution in [0, 0.1) is 0 Å². The summed E-state index contributed by atoms with van der Waals surface area (Å²) in [5, 5.41) is 13.3. The van der Waals surface area contributed by atoms with Gasteiger partial charge in [-0.25, -0.2) is 4.68 Å². The minimum atomic E-state index is -0.215. The minimum absolute atomic E-state index is 0.161. The first kappa shape index (κ1) is 17.8. The average Bonchev–Trinajstić information content (AvgIpc) is 3.17. The van der Waals surface area contributed by atoms with Crippen molar-refractivity contribution in [2.24, 2.45) is 0 Å². The SMILES string of the molecule is O=C(CCNC(=O)c1ccc(Br)cc1)Nc1ccccc1-n1ccnn1. The maximum atomic E-state index is 12.2. The molecule has 0 spiro atoms. The molecule has 132 valence electrons. The summed E-state index contributed by atoms with van der Waals surface area (Å²) in [6.07, 6.45) is 3.42. The zero-order valence-electron chi connectivity index (χ0n) is 13.7. The molecule has 26 heavy (non-hydrogen) atoms. The first-order valence-electron chi connectivity index (χ1n) is 7.93. The highest BCUT2D eigenvalue weighted by Gasteiger charge is 2.10. The molecule has 0 aliphatic heterocycles. The second kappa shape index (κ2) is 8.39. The Morgan fingerprint density at radius 1 is 1.08 bits per heavy atom. The quantitative estimate of drug-likeness (QED) is 0.649. The number of nitrogens with zero attached hydrogens (tertiary/aromatic N) is 3. The standard InChI is InChI=1S/C18H16BrN5O2/c19-14-7-5-13(6-8-14)18(26)20-10-9-17(25)22-15-3-1-2-4-16(15)24-12-11-21-23-24/h1-8,11-12H,9-10H2,(H,20,26)(H,22,25). The van der Waals surface area contributed by atoms with Crippen molar-refractivity contribution in [1.29, 1.82) is 0 Å². The van der Waals surface area contributed by atoms with E-state index in [1.165, 1.54) is 0 Å². The van der Waals surface area contributed by atoms with Gasteiger partial charge in [0.25, 0.3) is 5.91 Å². The molecule has 2 amide bonds. The number of nitrogens with one attached hydrogen (secondary N) is 2. The Bertz CT molecular complexity index is 894. The Morgan fingerprint density at radius 2 is 1.85 bits per heavy atom. The maximum absolute atomic E-state index is 12.2. The summed E-state index contributed by atoms with van der Waals surface area (Å²) >= 11 is 3.32. The fourth-order valence-electron chi connectivity index (χ4n) is 2.32. The maximum Gasteiger partial charge on any atom is 0.251 e. The Morgan fingerprint density at radius 3 is 2.58 bits per heavy atom. The summed E-state index contributed by atoms with van der Waals surface area (Å²) in [4.78, 5) is 24.2. The lowest BCUT2D eigenvalue weighted by atomic mass is 10.2. The Labute approximate surface area is 158 Å². The van der Waals surface area contributed by atoms with Crippen LogP contribution in [0.4, 0.5) is 5.69 Å². The third-order valence-electron chi connectivity index (χ3n) is 3.59. The van der Waals surface area contributed by atoms with Gasteiger partial charge < -0.3 is 10.6 Å². The van der Waals surface area contributed by atoms with Crippen molar-refractivity contribution in [2.75, 3.05) is 11.9 Å². The number of hydrogen-bond donors (Lipinski definition) is 2. The van der Waals surface area contributed by atoms with Crippen LogP contribution >= 0.6 is 15.9 Å². The van der Waals surface area contributed by atoms with Gasteiger partial charge in [0.15, 0.2) is 0 Å². The van der Waals surface area contributed by atoms with Gasteiger partial charge in [0.05, 0.1) is 23.8 Å². The fourth-order valence-corrected chi connectivity index (χ4v) is 2.59. The molecule has 3 aromatic rings. The highest BCUT2D eigenvalue weighted by molar-refractivity contribution is 9.10. The number of para-hydroxylation sites is 2. The number of benzene rings is 2. The van der Waals surface area contributed by atoms with E-state index < -0.39 is 0 Å². The predicted octanol–water partition coefficient (Wildman–Crippen LogP) is 2.79. The molecule has 0 aliphatic rings. The highest BCUT2D eigenvalue weighted by Crippen LogP contribution is 2.18. The van der Waals surface area contributed by atoms with Crippen LogP contribution in [0.3, 0.4) is 0 Å². The molecule has 1 aromatic heterocycles. The van der Waals surface area contributed by atoms with Crippen molar-refractivity contribution < 1.29 is 9.59 Å². The fraction of sp³-hybridized carbons (Fsp3) is 0.111. The van der Waals surface area contributed by atoms with Crippen LogP contribution < -0.4 is 10.6 Å². The summed E-state index contributed by atoms with van der Waals surface area (Å²) in [7, 11) is 0. The van der Waals surface area contributed by atoms with Gasteiger partial charge in [-0.15, -0.1) is 5.10 Å². The van der Waals surface area contributed by atoms with Crippen LogP contribution in [0.2, 0.25) is 0 Å². The van der Waals surface area contributed by atoms with Crippen LogP contribution in [0.15, 0.2) is 65.4 Å². The van der Waals surface area contributed by atoms with Crippen LogP contribution in [-0.2, 0) is 4.79 Å². The van der Waals surface area contributed by atoms with E-state index in [-0.39, 0.29) is 24.8 Å². The van der Waals surface area contributed by atoms with Gasteiger partial charge in [0.1, 0.15) is 0 Å². The third-order valence-corrected chi connectivity index (χ3v) is 4.12. The molecular weight excluding hydrogens is 398 g/mol. The van der Waals surface area contributed by atoms with Crippen molar-refractivity contribution in [3.8, 4) is 5.69 Å². The van der Waals surface area contributed by atoms with Crippen molar-refractivity contribution >= 4 is 33.4 Å². The van der Waals surface area contributed by atoms with Crippen LogP contribution in [0.25, 0.3) is 5.69 Å². The van der Waals surface area contributed by atoms with E-state index in [1.54, 1.807) is 47.4 Å². The third kappa shape index (κ3) is 4.54. The molecule has 0 atom stereocenters. The summed E-state index contributed by atoms with van der Waals surface area (Å²) in [5.41, 5.74) is 1.89. The highest BCUT2D eigenvalue weighted by atomic mass is 79.9. The molecule has 2 N–H and O–H groups in total. The number of rotatable bonds is 6. The number of carbonyl (C=O) groups excluding carboxylic acids is 2. The van der Waals surface area contributed by atoms with E-state index >= 15 is 0 Å². The molecule has 0 bridgehead atoms. The van der Waals surface area contributed by atoms with Crippen molar-refractivity contribution in [3.63, 3.8) is 0 Å². The van der Waals surface area contributed by atoms with Crippen molar-refractivity contribution in [1.82, 2.24) is 20.3 Å². The molecule has 3 rings (SSSR count). The van der Waals surface area contributed by atoms with Crippen LogP contribution in [0.5, 0.6) is 0 Å². The molecule has 0 aliphatic carbocycles. The second-order valence-electron chi connectivity index (χ2n) is 5.43. The lowest BCUT2D eigenvalue weighted by Crippen LogP contribution is -2.27. The van der Waals surface area contributed by atoms with Gasteiger partial charge in [-0.2, -0.15) is 0 Å². The summed E-state index contributed by atoms with van der Waals surface area (Å²) < 4.78 is 2.48. The van der Waals surface area contributed by atoms with Crippen molar-refractivity contribution in [2.45, 2.75) is 6.42 Å². The number of anilines is 1.